The minimum Gasteiger partial charge on any atom is -0.445 e. The van der Waals surface area contributed by atoms with E-state index in [4.69, 9.17) is 9.15 Å². The van der Waals surface area contributed by atoms with Crippen molar-refractivity contribution >= 4 is 30.1 Å². The molecule has 120 valence electrons. The maximum Gasteiger partial charge on any atom is 0.287 e. The van der Waals surface area contributed by atoms with Crippen LogP contribution in [0.25, 0.3) is 0 Å². The summed E-state index contributed by atoms with van der Waals surface area (Å²) in [6, 6.07) is 3.53. The van der Waals surface area contributed by atoms with Crippen molar-refractivity contribution in [2.24, 2.45) is 5.41 Å². The van der Waals surface area contributed by atoms with Gasteiger partial charge in [0, 0.05) is 19.1 Å². The number of carbonyl (C=O) groups is 1. The number of hydrogen-bond acceptors (Lipinski definition) is 5. The first kappa shape index (κ1) is 18.4. The van der Waals surface area contributed by atoms with Crippen LogP contribution in [0.2, 0.25) is 0 Å². The van der Waals surface area contributed by atoms with Crippen LogP contribution in [0.15, 0.2) is 21.6 Å². The first-order valence-electron chi connectivity index (χ1n) is 6.81. The smallest absolute Gasteiger partial charge is 0.287 e. The predicted molar refractivity (Wildman–Crippen MR) is 86.5 cm³/mol. The number of ether oxygens (including phenoxy) is 1. The molecule has 5 nitrogen and oxygen atoms in total. The summed E-state index contributed by atoms with van der Waals surface area (Å²) in [5, 5.41) is 7.07. The SMILES string of the molecule is COCC1(CNC(=O)c2ccc(SC)o2)CCNCC1.Cl. The molecule has 7 heteroatoms. The molecule has 0 atom stereocenters. The van der Waals surface area contributed by atoms with Crippen molar-refractivity contribution in [2.75, 3.05) is 39.6 Å². The van der Waals surface area contributed by atoms with E-state index in [1.165, 1.54) is 11.8 Å². The zero-order chi connectivity index (χ0) is 14.4. The lowest BCUT2D eigenvalue weighted by Crippen LogP contribution is -2.47. The molecule has 1 fully saturated rings. The van der Waals surface area contributed by atoms with Crippen LogP contribution in [0.5, 0.6) is 0 Å². The molecule has 0 aliphatic carbocycles. The molecule has 1 aromatic rings. The lowest BCUT2D eigenvalue weighted by molar-refractivity contribution is 0.0505. The number of carbonyl (C=O) groups excluding carboxylic acids is 1. The fourth-order valence-corrected chi connectivity index (χ4v) is 2.92. The summed E-state index contributed by atoms with van der Waals surface area (Å²) in [4.78, 5) is 12.1. The highest BCUT2D eigenvalue weighted by atomic mass is 35.5. The zero-order valence-corrected chi connectivity index (χ0v) is 14.1. The maximum absolute atomic E-state index is 12.1. The van der Waals surface area contributed by atoms with Gasteiger partial charge in [0.25, 0.3) is 5.91 Å². The number of hydrogen-bond donors (Lipinski definition) is 2. The van der Waals surface area contributed by atoms with E-state index in [-0.39, 0.29) is 23.7 Å². The summed E-state index contributed by atoms with van der Waals surface area (Å²) in [6.07, 6.45) is 3.94. The number of piperidine rings is 1. The minimum atomic E-state index is -0.153. The maximum atomic E-state index is 12.1. The van der Waals surface area contributed by atoms with Gasteiger partial charge in [0.15, 0.2) is 10.9 Å². The molecule has 2 heterocycles. The van der Waals surface area contributed by atoms with Gasteiger partial charge < -0.3 is 19.8 Å². The Labute approximate surface area is 136 Å². The van der Waals surface area contributed by atoms with Crippen molar-refractivity contribution in [3.63, 3.8) is 0 Å². The lowest BCUT2D eigenvalue weighted by atomic mass is 9.79. The molecule has 2 rings (SSSR count). The summed E-state index contributed by atoms with van der Waals surface area (Å²) >= 11 is 1.49. The highest BCUT2D eigenvalue weighted by Gasteiger charge is 2.32. The predicted octanol–water partition coefficient (Wildman–Crippen LogP) is 2.17. The van der Waals surface area contributed by atoms with Crippen molar-refractivity contribution in [3.8, 4) is 0 Å². The molecule has 1 amide bonds. The fourth-order valence-electron chi connectivity index (χ4n) is 2.54. The topological polar surface area (TPSA) is 63.5 Å². The molecule has 1 aliphatic rings. The number of furan rings is 1. The highest BCUT2D eigenvalue weighted by Crippen LogP contribution is 2.28. The largest absolute Gasteiger partial charge is 0.445 e. The van der Waals surface area contributed by atoms with Gasteiger partial charge in [-0.15, -0.1) is 12.4 Å². The van der Waals surface area contributed by atoms with E-state index in [2.05, 4.69) is 10.6 Å². The van der Waals surface area contributed by atoms with Crippen molar-refractivity contribution in [3.05, 3.63) is 17.9 Å². The van der Waals surface area contributed by atoms with Gasteiger partial charge in [0.2, 0.25) is 0 Å². The molecular weight excluding hydrogens is 312 g/mol. The van der Waals surface area contributed by atoms with E-state index < -0.39 is 0 Å². The number of amides is 1. The van der Waals surface area contributed by atoms with E-state index in [1.807, 2.05) is 12.3 Å². The van der Waals surface area contributed by atoms with Gasteiger partial charge in [0.05, 0.1) is 6.61 Å². The Morgan fingerprint density at radius 1 is 1.48 bits per heavy atom. The molecule has 0 saturated carbocycles. The van der Waals surface area contributed by atoms with E-state index in [1.54, 1.807) is 13.2 Å². The second kappa shape index (κ2) is 8.68. The van der Waals surface area contributed by atoms with Gasteiger partial charge in [-0.25, -0.2) is 0 Å². The Hall–Kier alpha value is -0.690. The Bertz CT molecular complexity index is 442. The third kappa shape index (κ3) is 4.92. The fraction of sp³-hybridized carbons (Fsp3) is 0.643. The third-order valence-electron chi connectivity index (χ3n) is 3.74. The average molecular weight is 335 g/mol. The summed E-state index contributed by atoms with van der Waals surface area (Å²) < 4.78 is 10.8. The normalized spacial score (nSPS) is 17.0. The second-order valence-electron chi connectivity index (χ2n) is 5.19. The summed E-state index contributed by atoms with van der Waals surface area (Å²) in [6.45, 7) is 3.23. The molecule has 0 spiro atoms. The molecule has 21 heavy (non-hydrogen) atoms. The van der Waals surface area contributed by atoms with Gasteiger partial charge in [-0.05, 0) is 44.3 Å². The summed E-state index contributed by atoms with van der Waals surface area (Å²) in [5.41, 5.74) is 0.0323. The molecule has 0 radical (unpaired) electrons. The molecule has 2 N–H and O–H groups in total. The Kier molecular flexibility index (Phi) is 7.59. The van der Waals surface area contributed by atoms with E-state index in [0.29, 0.717) is 18.9 Å². The monoisotopic (exact) mass is 334 g/mol. The molecule has 1 saturated heterocycles. The van der Waals surface area contributed by atoms with Crippen LogP contribution < -0.4 is 10.6 Å². The number of methoxy groups -OCH3 is 1. The zero-order valence-electron chi connectivity index (χ0n) is 12.4. The van der Waals surface area contributed by atoms with E-state index in [0.717, 1.165) is 31.0 Å². The van der Waals surface area contributed by atoms with Crippen LogP contribution in [-0.4, -0.2) is 45.5 Å². The first-order chi connectivity index (χ1) is 9.69. The Morgan fingerprint density at radius 3 is 2.76 bits per heavy atom. The lowest BCUT2D eigenvalue weighted by Gasteiger charge is -2.37. The van der Waals surface area contributed by atoms with Crippen LogP contribution in [-0.2, 0) is 4.74 Å². The van der Waals surface area contributed by atoms with Crippen molar-refractivity contribution in [2.45, 2.75) is 17.9 Å². The molecule has 0 aromatic carbocycles. The quantitative estimate of drug-likeness (QED) is 0.781. The minimum absolute atomic E-state index is 0. The van der Waals surface area contributed by atoms with Gasteiger partial charge in [-0.1, -0.05) is 11.8 Å². The van der Waals surface area contributed by atoms with Crippen molar-refractivity contribution in [1.82, 2.24) is 10.6 Å². The number of rotatable bonds is 6. The van der Waals surface area contributed by atoms with Crippen LogP contribution in [0, 0.1) is 5.41 Å². The van der Waals surface area contributed by atoms with Gasteiger partial charge >= 0.3 is 0 Å². The molecule has 1 aromatic heterocycles. The van der Waals surface area contributed by atoms with Crippen molar-refractivity contribution in [1.29, 1.82) is 0 Å². The summed E-state index contributed by atoms with van der Waals surface area (Å²) in [5.74, 6) is 0.218. The van der Waals surface area contributed by atoms with Crippen LogP contribution in [0.3, 0.4) is 0 Å². The van der Waals surface area contributed by atoms with E-state index >= 15 is 0 Å². The third-order valence-corrected chi connectivity index (χ3v) is 4.37. The number of halogens is 1. The van der Waals surface area contributed by atoms with E-state index in [9.17, 15) is 4.79 Å². The average Bonchev–Trinajstić information content (AvgIpc) is 2.95. The molecule has 1 aliphatic heterocycles. The first-order valence-corrected chi connectivity index (χ1v) is 8.03. The number of thioether (sulfide) groups is 1. The second-order valence-corrected chi connectivity index (χ2v) is 6.00. The van der Waals surface area contributed by atoms with Crippen LogP contribution in [0.1, 0.15) is 23.4 Å². The molecule has 0 bridgehead atoms. The van der Waals surface area contributed by atoms with Crippen LogP contribution in [0.4, 0.5) is 0 Å². The van der Waals surface area contributed by atoms with Gasteiger partial charge in [0.1, 0.15) is 0 Å². The Balaban J connectivity index is 0.00000220. The van der Waals surface area contributed by atoms with Crippen LogP contribution >= 0.6 is 24.2 Å². The summed E-state index contributed by atoms with van der Waals surface area (Å²) in [7, 11) is 1.71. The van der Waals surface area contributed by atoms with Gasteiger partial charge in [-0.2, -0.15) is 0 Å². The number of nitrogens with one attached hydrogen (secondary N) is 2. The highest BCUT2D eigenvalue weighted by molar-refractivity contribution is 7.98. The standard InChI is InChI=1S/C14H22N2O3S.ClH/c1-18-10-14(5-7-15-8-6-14)9-16-13(17)11-3-4-12(19-11)20-2;/h3-4,15H,5-10H2,1-2H3,(H,16,17);1H. The molecular formula is C14H23ClN2O3S. The Morgan fingerprint density at radius 2 is 2.19 bits per heavy atom. The van der Waals surface area contributed by atoms with Crippen molar-refractivity contribution < 1.29 is 13.9 Å². The van der Waals surface area contributed by atoms with Gasteiger partial charge in [-0.3, -0.25) is 4.79 Å². The molecule has 0 unspecified atom stereocenters.